The third-order valence-corrected chi connectivity index (χ3v) is 3.63. The minimum absolute atomic E-state index is 0.0592. The molecule has 1 aromatic heterocycles. The smallest absolute Gasteiger partial charge is 0.309 e. The molecule has 0 saturated carbocycles. The van der Waals surface area contributed by atoms with E-state index in [1.54, 1.807) is 29.4 Å². The highest BCUT2D eigenvalue weighted by atomic mass is 16.3. The predicted molar refractivity (Wildman–Crippen MR) is 79.3 cm³/mol. The second-order valence-corrected chi connectivity index (χ2v) is 5.19. The number of nitrogens with two attached hydrogens (primary N) is 1. The minimum atomic E-state index is -0.976. The summed E-state index contributed by atoms with van der Waals surface area (Å²) in [7, 11) is 0. The van der Waals surface area contributed by atoms with Crippen molar-refractivity contribution in [2.75, 3.05) is 19.6 Å². The Hall–Kier alpha value is -2.57. The van der Waals surface area contributed by atoms with E-state index in [1.807, 2.05) is 0 Å². The lowest BCUT2D eigenvalue weighted by Gasteiger charge is -2.31. The van der Waals surface area contributed by atoms with Gasteiger partial charge in [-0.1, -0.05) is 0 Å². The number of likely N-dealkylation sites (tertiary alicyclic amines) is 1. The van der Waals surface area contributed by atoms with Gasteiger partial charge in [0.1, 0.15) is 5.76 Å². The van der Waals surface area contributed by atoms with Crippen LogP contribution in [0.4, 0.5) is 0 Å². The monoisotopic (exact) mass is 305 g/mol. The van der Waals surface area contributed by atoms with Gasteiger partial charge in [0, 0.05) is 25.7 Å². The van der Waals surface area contributed by atoms with Gasteiger partial charge >= 0.3 is 11.8 Å². The summed E-state index contributed by atoms with van der Waals surface area (Å²) in [5.41, 5.74) is 4.87. The molecule has 1 fully saturated rings. The molecule has 0 spiro atoms. The first-order valence-corrected chi connectivity index (χ1v) is 7.14. The standard InChI is InChI=1S/C15H19N3O4/c16-14(20)15(21)17-10-11-5-7-18(8-6-11)13(19)4-3-12-2-1-9-22-12/h1-4,9,11H,5-8,10H2,(H2,16,20)(H,17,21)/b4-3+. The fraction of sp³-hybridized carbons (Fsp3) is 0.400. The number of furan rings is 1. The normalized spacial score (nSPS) is 15.9. The fourth-order valence-corrected chi connectivity index (χ4v) is 2.33. The van der Waals surface area contributed by atoms with Crippen LogP contribution in [-0.4, -0.2) is 42.3 Å². The zero-order chi connectivity index (χ0) is 15.9. The predicted octanol–water partition coefficient (Wildman–Crippen LogP) is 0.133. The highest BCUT2D eigenvalue weighted by molar-refractivity contribution is 6.34. The van der Waals surface area contributed by atoms with Crippen LogP contribution in [0.25, 0.3) is 6.08 Å². The van der Waals surface area contributed by atoms with E-state index in [-0.39, 0.29) is 11.8 Å². The number of carbonyl (C=O) groups excluding carboxylic acids is 3. The molecular weight excluding hydrogens is 286 g/mol. The second kappa shape index (κ2) is 7.44. The highest BCUT2D eigenvalue weighted by Gasteiger charge is 2.22. The second-order valence-electron chi connectivity index (χ2n) is 5.19. The van der Waals surface area contributed by atoms with Gasteiger partial charge in [0.25, 0.3) is 0 Å². The molecule has 7 nitrogen and oxygen atoms in total. The number of primary amides is 1. The van der Waals surface area contributed by atoms with Gasteiger partial charge in [-0.15, -0.1) is 0 Å². The van der Waals surface area contributed by atoms with Crippen molar-refractivity contribution in [3.63, 3.8) is 0 Å². The molecule has 0 unspecified atom stereocenters. The van der Waals surface area contributed by atoms with E-state index in [0.717, 1.165) is 12.8 Å². The van der Waals surface area contributed by atoms with E-state index in [4.69, 9.17) is 10.2 Å². The maximum Gasteiger partial charge on any atom is 0.309 e. The molecule has 1 aromatic rings. The number of amides is 3. The molecule has 22 heavy (non-hydrogen) atoms. The van der Waals surface area contributed by atoms with Gasteiger partial charge in [-0.25, -0.2) is 0 Å². The Kier molecular flexibility index (Phi) is 5.35. The van der Waals surface area contributed by atoms with Crippen LogP contribution in [0.5, 0.6) is 0 Å². The zero-order valence-corrected chi connectivity index (χ0v) is 12.2. The Morgan fingerprint density at radius 1 is 1.36 bits per heavy atom. The van der Waals surface area contributed by atoms with Gasteiger partial charge in [-0.05, 0) is 37.0 Å². The van der Waals surface area contributed by atoms with Crippen molar-refractivity contribution in [1.82, 2.24) is 10.2 Å². The maximum absolute atomic E-state index is 12.0. The van der Waals surface area contributed by atoms with Gasteiger partial charge in [0.2, 0.25) is 5.91 Å². The number of hydrogen-bond acceptors (Lipinski definition) is 4. The molecule has 2 heterocycles. The first-order valence-electron chi connectivity index (χ1n) is 7.14. The van der Waals surface area contributed by atoms with Crippen LogP contribution in [0.2, 0.25) is 0 Å². The first-order chi connectivity index (χ1) is 10.6. The molecule has 0 atom stereocenters. The summed E-state index contributed by atoms with van der Waals surface area (Å²) in [5, 5.41) is 2.50. The average molecular weight is 305 g/mol. The molecule has 3 amide bonds. The summed E-state index contributed by atoms with van der Waals surface area (Å²) < 4.78 is 5.13. The van der Waals surface area contributed by atoms with Gasteiger partial charge < -0.3 is 20.4 Å². The fourth-order valence-electron chi connectivity index (χ4n) is 2.33. The molecule has 2 rings (SSSR count). The topological polar surface area (TPSA) is 106 Å². The molecule has 0 aromatic carbocycles. The molecule has 3 N–H and O–H groups in total. The molecule has 1 aliphatic rings. The molecule has 7 heteroatoms. The van der Waals surface area contributed by atoms with Gasteiger partial charge in [-0.3, -0.25) is 14.4 Å². The number of nitrogens with one attached hydrogen (secondary N) is 1. The van der Waals surface area contributed by atoms with E-state index in [0.29, 0.717) is 25.4 Å². The van der Waals surface area contributed by atoms with Crippen molar-refractivity contribution in [2.45, 2.75) is 12.8 Å². The third kappa shape index (κ3) is 4.47. The van der Waals surface area contributed by atoms with Crippen LogP contribution in [0.15, 0.2) is 28.9 Å². The summed E-state index contributed by atoms with van der Waals surface area (Å²) in [6.45, 7) is 1.66. The number of carbonyl (C=O) groups is 3. The lowest BCUT2D eigenvalue weighted by atomic mass is 9.96. The lowest BCUT2D eigenvalue weighted by Crippen LogP contribution is -2.43. The zero-order valence-electron chi connectivity index (χ0n) is 12.2. The number of nitrogens with zero attached hydrogens (tertiary/aromatic N) is 1. The Balaban J connectivity index is 1.73. The maximum atomic E-state index is 12.0. The first kappa shape index (κ1) is 15.8. The molecule has 0 radical (unpaired) electrons. The van der Waals surface area contributed by atoms with Gasteiger partial charge in [0.15, 0.2) is 0 Å². The Labute approximate surface area is 128 Å². The van der Waals surface area contributed by atoms with Crippen LogP contribution < -0.4 is 11.1 Å². The SMILES string of the molecule is NC(=O)C(=O)NCC1CCN(C(=O)/C=C/c2ccco2)CC1. The van der Waals surface area contributed by atoms with Crippen LogP contribution in [0.3, 0.4) is 0 Å². The molecular formula is C15H19N3O4. The Bertz CT molecular complexity index is 557. The molecule has 0 bridgehead atoms. The largest absolute Gasteiger partial charge is 0.465 e. The van der Waals surface area contributed by atoms with Crippen molar-refractivity contribution in [3.05, 3.63) is 30.2 Å². The van der Waals surface area contributed by atoms with E-state index in [2.05, 4.69) is 5.32 Å². The van der Waals surface area contributed by atoms with Crippen molar-refractivity contribution in [1.29, 1.82) is 0 Å². The number of hydrogen-bond donors (Lipinski definition) is 2. The van der Waals surface area contributed by atoms with E-state index < -0.39 is 11.8 Å². The molecule has 1 saturated heterocycles. The summed E-state index contributed by atoms with van der Waals surface area (Å²) in [4.78, 5) is 35.5. The van der Waals surface area contributed by atoms with Crippen LogP contribution in [-0.2, 0) is 14.4 Å². The summed E-state index contributed by atoms with van der Waals surface area (Å²) >= 11 is 0. The van der Waals surface area contributed by atoms with Crippen molar-refractivity contribution in [2.24, 2.45) is 11.7 Å². The molecule has 1 aliphatic heterocycles. The quantitative estimate of drug-likeness (QED) is 0.609. The average Bonchev–Trinajstić information content (AvgIpc) is 3.04. The van der Waals surface area contributed by atoms with E-state index in [1.165, 1.54) is 6.08 Å². The summed E-state index contributed by atoms with van der Waals surface area (Å²) in [6, 6.07) is 3.54. The van der Waals surface area contributed by atoms with Crippen LogP contribution >= 0.6 is 0 Å². The van der Waals surface area contributed by atoms with Gasteiger partial charge in [-0.2, -0.15) is 0 Å². The minimum Gasteiger partial charge on any atom is -0.465 e. The third-order valence-electron chi connectivity index (χ3n) is 3.63. The Morgan fingerprint density at radius 2 is 2.09 bits per heavy atom. The lowest BCUT2D eigenvalue weighted by molar-refractivity contribution is -0.137. The Morgan fingerprint density at radius 3 is 2.68 bits per heavy atom. The van der Waals surface area contributed by atoms with Gasteiger partial charge in [0.05, 0.1) is 6.26 Å². The van der Waals surface area contributed by atoms with Crippen LogP contribution in [0.1, 0.15) is 18.6 Å². The van der Waals surface area contributed by atoms with Crippen molar-refractivity contribution in [3.8, 4) is 0 Å². The highest BCUT2D eigenvalue weighted by Crippen LogP contribution is 2.17. The number of rotatable bonds is 4. The van der Waals surface area contributed by atoms with Crippen molar-refractivity contribution >= 4 is 23.8 Å². The van der Waals surface area contributed by atoms with E-state index in [9.17, 15) is 14.4 Å². The molecule has 0 aliphatic carbocycles. The summed E-state index contributed by atoms with van der Waals surface area (Å²) in [5.74, 6) is -0.912. The molecule has 118 valence electrons. The number of piperidine rings is 1. The summed E-state index contributed by atoms with van der Waals surface area (Å²) in [6.07, 6.45) is 6.24. The van der Waals surface area contributed by atoms with Crippen LogP contribution in [0, 0.1) is 5.92 Å². The van der Waals surface area contributed by atoms with E-state index >= 15 is 0 Å². The van der Waals surface area contributed by atoms with Crippen molar-refractivity contribution < 1.29 is 18.8 Å².